The normalized spacial score (nSPS) is 19.7. The summed E-state index contributed by atoms with van der Waals surface area (Å²) in [6, 6.07) is 3.20. The minimum absolute atomic E-state index is 0.0359. The summed E-state index contributed by atoms with van der Waals surface area (Å²) in [6.07, 6.45) is 13.0. The van der Waals surface area contributed by atoms with Gasteiger partial charge in [0.15, 0.2) is 0 Å². The number of nitrogens with zero attached hydrogens (tertiary/aromatic N) is 2. The van der Waals surface area contributed by atoms with Crippen LogP contribution >= 0.6 is 0 Å². The number of fused-ring (bicyclic) bond motifs is 1. The third kappa shape index (κ3) is 11.5. The summed E-state index contributed by atoms with van der Waals surface area (Å²) in [4.78, 5) is 23.1. The van der Waals surface area contributed by atoms with Crippen LogP contribution in [-0.2, 0) is 21.0 Å². The van der Waals surface area contributed by atoms with Crippen molar-refractivity contribution in [3.8, 4) is 0 Å². The second-order valence-corrected chi connectivity index (χ2v) is 10.6. The van der Waals surface area contributed by atoms with Crippen molar-refractivity contribution in [1.82, 2.24) is 10.4 Å². The zero-order valence-corrected chi connectivity index (χ0v) is 25.3. The fourth-order valence-corrected chi connectivity index (χ4v) is 4.93. The van der Waals surface area contributed by atoms with Gasteiger partial charge in [-0.05, 0) is 80.9 Å². The number of carbonyl (C=O) groups is 1. The number of ether oxygens (including phenoxy) is 1. The van der Waals surface area contributed by atoms with Gasteiger partial charge in [0.05, 0.1) is 12.3 Å². The van der Waals surface area contributed by atoms with E-state index in [9.17, 15) is 23.1 Å². The van der Waals surface area contributed by atoms with Crippen LogP contribution in [0.5, 0.6) is 0 Å². The number of allylic oxidation sites excluding steroid dienone is 6. The first-order valence-electron chi connectivity index (χ1n) is 14.9. The van der Waals surface area contributed by atoms with Crippen molar-refractivity contribution in [1.29, 1.82) is 0 Å². The van der Waals surface area contributed by atoms with Gasteiger partial charge in [0.2, 0.25) is 0 Å². The average molecular weight is 618 g/mol. The van der Waals surface area contributed by atoms with Crippen LogP contribution in [-0.4, -0.2) is 59.8 Å². The first-order chi connectivity index (χ1) is 21.2. The number of benzene rings is 1. The minimum Gasteiger partial charge on any atom is -0.481 e. The first-order valence-corrected chi connectivity index (χ1v) is 14.9. The maximum Gasteiger partial charge on any atom is 0.303 e. The molecule has 2 unspecified atom stereocenters. The Morgan fingerprint density at radius 1 is 1.25 bits per heavy atom. The molecule has 0 spiro atoms. The van der Waals surface area contributed by atoms with Crippen LogP contribution < -0.4 is 5.48 Å². The Kier molecular flexibility index (Phi) is 14.6. The van der Waals surface area contributed by atoms with E-state index in [0.29, 0.717) is 68.6 Å². The number of hydrogen-bond donors (Lipinski definition) is 3. The third-order valence-corrected chi connectivity index (χ3v) is 7.13. The van der Waals surface area contributed by atoms with Crippen molar-refractivity contribution < 1.29 is 37.8 Å². The second kappa shape index (κ2) is 18.3. The van der Waals surface area contributed by atoms with E-state index in [2.05, 4.69) is 5.48 Å². The number of aliphatic carboxylic acids is 1. The molecule has 0 aromatic heterocycles. The summed E-state index contributed by atoms with van der Waals surface area (Å²) in [7, 11) is 1.60. The van der Waals surface area contributed by atoms with Crippen LogP contribution in [0, 0.1) is 17.6 Å². The number of aliphatic imine (C=N–C) groups is 1. The number of halogens is 3. The number of rotatable bonds is 17. The number of carboxylic acids is 1. The quantitative estimate of drug-likeness (QED) is 0.0819. The molecular formula is C33H42F3N3O5. The highest BCUT2D eigenvalue weighted by molar-refractivity contribution is 5.88. The van der Waals surface area contributed by atoms with Crippen molar-refractivity contribution >= 4 is 11.7 Å². The Labute approximate surface area is 256 Å². The summed E-state index contributed by atoms with van der Waals surface area (Å²) in [5, 5.41) is 20.3. The minimum atomic E-state index is -0.944. The molecule has 1 aromatic carbocycles. The van der Waals surface area contributed by atoms with E-state index in [1.807, 2.05) is 30.1 Å². The van der Waals surface area contributed by atoms with Crippen LogP contribution in [0.15, 0.2) is 82.5 Å². The molecule has 1 aromatic rings. The molecule has 0 saturated heterocycles. The van der Waals surface area contributed by atoms with Gasteiger partial charge in [-0.15, -0.1) is 0 Å². The van der Waals surface area contributed by atoms with Gasteiger partial charge >= 0.3 is 5.97 Å². The lowest BCUT2D eigenvalue weighted by atomic mass is 9.90. The molecule has 8 nitrogen and oxygen atoms in total. The Morgan fingerprint density at radius 2 is 2.07 bits per heavy atom. The zero-order valence-electron chi connectivity index (χ0n) is 25.3. The number of hydroxylamine groups is 1. The highest BCUT2D eigenvalue weighted by Crippen LogP contribution is 2.32. The maximum atomic E-state index is 13.9. The zero-order chi connectivity index (χ0) is 31.9. The second-order valence-electron chi connectivity index (χ2n) is 10.6. The summed E-state index contributed by atoms with van der Waals surface area (Å²) in [5.41, 5.74) is 4.88. The van der Waals surface area contributed by atoms with Gasteiger partial charge in [0.1, 0.15) is 36.1 Å². The first kappa shape index (κ1) is 35.0. The van der Waals surface area contributed by atoms with Crippen molar-refractivity contribution in [2.24, 2.45) is 10.9 Å². The molecule has 0 bridgehead atoms. The van der Waals surface area contributed by atoms with Gasteiger partial charge in [-0.25, -0.2) is 13.2 Å². The Morgan fingerprint density at radius 3 is 2.82 bits per heavy atom. The molecule has 1 heterocycles. The smallest absolute Gasteiger partial charge is 0.303 e. The average Bonchev–Trinajstić information content (AvgIpc) is 3.11. The number of nitrogens with one attached hydrogen (secondary N) is 1. The van der Waals surface area contributed by atoms with E-state index in [1.165, 1.54) is 12.2 Å². The predicted molar refractivity (Wildman–Crippen MR) is 163 cm³/mol. The summed E-state index contributed by atoms with van der Waals surface area (Å²) in [6.45, 7) is 2.44. The van der Waals surface area contributed by atoms with Crippen molar-refractivity contribution in [3.63, 3.8) is 0 Å². The molecule has 0 amide bonds. The van der Waals surface area contributed by atoms with Crippen LogP contribution in [0.25, 0.3) is 0 Å². The molecule has 11 heteroatoms. The third-order valence-electron chi connectivity index (χ3n) is 7.13. The summed E-state index contributed by atoms with van der Waals surface area (Å²) in [5.74, 6) is -1.76. The Hall–Kier alpha value is -3.51. The molecule has 0 fully saturated rings. The molecular weight excluding hydrogens is 575 g/mol. The molecule has 2 atom stereocenters. The van der Waals surface area contributed by atoms with Gasteiger partial charge in [-0.2, -0.15) is 5.48 Å². The van der Waals surface area contributed by atoms with Crippen molar-refractivity contribution in [3.05, 3.63) is 94.7 Å². The van der Waals surface area contributed by atoms with Crippen LogP contribution in [0.3, 0.4) is 0 Å². The topological polar surface area (TPSA) is 104 Å². The van der Waals surface area contributed by atoms with E-state index >= 15 is 0 Å². The van der Waals surface area contributed by atoms with Gasteiger partial charge < -0.3 is 19.8 Å². The van der Waals surface area contributed by atoms with E-state index in [4.69, 9.17) is 19.7 Å². The number of aliphatic hydroxyl groups excluding tert-OH is 1. The van der Waals surface area contributed by atoms with Crippen LogP contribution in [0.2, 0.25) is 0 Å². The summed E-state index contributed by atoms with van der Waals surface area (Å²) < 4.78 is 46.9. The van der Waals surface area contributed by atoms with E-state index in [-0.39, 0.29) is 36.9 Å². The number of aliphatic hydroxyl groups is 1. The largest absolute Gasteiger partial charge is 0.481 e. The standard InChI is InChI=1S/C33H42F3N3O5/c1-3-7-25(34)8-6-17-39-20-27(9-4-5-10-32(40)41)38-31-18-23(12-15-29(31)33(39)42)11-14-28(44-37-2)22-43-21-24-19-26(35)13-16-30(24)36/h6-8,13-16,18-19,23,33,37,42H,3-5,9-12,17,20-22H2,1-2H3,(H,40,41)/b8-6-,25-7+,28-14-. The Balaban J connectivity index is 1.72. The fraction of sp³-hybridized carbons (Fsp3) is 0.455. The molecule has 240 valence electrons. The molecule has 0 radical (unpaired) electrons. The number of carboxylic acid groups (broad SMARTS) is 1. The molecule has 44 heavy (non-hydrogen) atoms. The molecule has 2 aliphatic rings. The predicted octanol–water partition coefficient (Wildman–Crippen LogP) is 6.28. The van der Waals surface area contributed by atoms with Gasteiger partial charge in [0.25, 0.3) is 0 Å². The van der Waals surface area contributed by atoms with E-state index in [0.717, 1.165) is 23.9 Å². The highest BCUT2D eigenvalue weighted by atomic mass is 19.1. The highest BCUT2D eigenvalue weighted by Gasteiger charge is 2.29. The lowest BCUT2D eigenvalue weighted by Crippen LogP contribution is -2.39. The van der Waals surface area contributed by atoms with Gasteiger partial charge in [0, 0.05) is 43.4 Å². The molecule has 3 N–H and O–H groups in total. The van der Waals surface area contributed by atoms with E-state index in [1.54, 1.807) is 13.1 Å². The summed E-state index contributed by atoms with van der Waals surface area (Å²) >= 11 is 0. The monoisotopic (exact) mass is 617 g/mol. The van der Waals surface area contributed by atoms with E-state index < -0.39 is 23.8 Å². The SMILES string of the molecule is CC/C=C(F)\C=C/CN1CC(CCCCC(=O)O)=NC2=CC(C/C=C(/COCc3cc(F)ccc3F)ONC)CC=C2C1O. The maximum absolute atomic E-state index is 13.9. The van der Waals surface area contributed by atoms with Gasteiger partial charge in [-0.3, -0.25) is 14.7 Å². The number of hydrogen-bond acceptors (Lipinski definition) is 7. The molecule has 0 saturated carbocycles. The molecule has 3 rings (SSSR count). The fourth-order valence-electron chi connectivity index (χ4n) is 4.93. The van der Waals surface area contributed by atoms with Crippen molar-refractivity contribution in [2.45, 2.75) is 64.7 Å². The lowest BCUT2D eigenvalue weighted by Gasteiger charge is -2.28. The molecule has 1 aliphatic heterocycles. The number of unbranched alkanes of at least 4 members (excludes halogenated alkanes) is 1. The van der Waals surface area contributed by atoms with Crippen LogP contribution in [0.4, 0.5) is 13.2 Å². The lowest BCUT2D eigenvalue weighted by molar-refractivity contribution is -0.137. The van der Waals surface area contributed by atoms with Crippen LogP contribution in [0.1, 0.15) is 57.4 Å². The molecule has 1 aliphatic carbocycles. The Bertz CT molecular complexity index is 1310. The van der Waals surface area contributed by atoms with Gasteiger partial charge in [-0.1, -0.05) is 25.2 Å². The van der Waals surface area contributed by atoms with Crippen molar-refractivity contribution in [2.75, 3.05) is 26.7 Å².